The van der Waals surface area contributed by atoms with Crippen LogP contribution >= 0.6 is 15.9 Å². The number of nitrogens with zero attached hydrogens (tertiary/aromatic N) is 1. The van der Waals surface area contributed by atoms with Crippen molar-refractivity contribution in [1.82, 2.24) is 4.31 Å². The molecule has 0 spiro atoms. The van der Waals surface area contributed by atoms with E-state index in [0.717, 1.165) is 19.3 Å². The van der Waals surface area contributed by atoms with Crippen molar-refractivity contribution in [1.29, 1.82) is 0 Å². The molecule has 0 bridgehead atoms. The SMILES string of the molecule is O=S(=O)(CBr)N(CCCO)C1CCC1. The first-order valence-electron chi connectivity index (χ1n) is 4.78. The number of hydrogen-bond donors (Lipinski definition) is 1. The largest absolute Gasteiger partial charge is 0.396 e. The first kappa shape index (κ1) is 12.4. The van der Waals surface area contributed by atoms with Gasteiger partial charge in [-0.15, -0.1) is 0 Å². The fraction of sp³-hybridized carbons (Fsp3) is 1.00. The van der Waals surface area contributed by atoms with Gasteiger partial charge in [0.15, 0.2) is 0 Å². The standard InChI is InChI=1S/C8H16BrNO3S/c9-7-14(12,13)10(5-2-6-11)8-3-1-4-8/h8,11H,1-7H2. The topological polar surface area (TPSA) is 57.6 Å². The Morgan fingerprint density at radius 3 is 2.43 bits per heavy atom. The van der Waals surface area contributed by atoms with Gasteiger partial charge in [0.05, 0.1) is 0 Å². The van der Waals surface area contributed by atoms with E-state index in [9.17, 15) is 8.42 Å². The van der Waals surface area contributed by atoms with E-state index in [1.54, 1.807) is 0 Å². The summed E-state index contributed by atoms with van der Waals surface area (Å²) in [6.45, 7) is 0.482. The second kappa shape index (κ2) is 5.44. The van der Waals surface area contributed by atoms with Gasteiger partial charge >= 0.3 is 0 Å². The van der Waals surface area contributed by atoms with E-state index in [1.165, 1.54) is 4.31 Å². The third-order valence-electron chi connectivity index (χ3n) is 2.51. The normalized spacial score (nSPS) is 18.5. The molecule has 84 valence electrons. The number of sulfonamides is 1. The third-order valence-corrected chi connectivity index (χ3v) is 5.72. The zero-order chi connectivity index (χ0) is 10.6. The molecule has 0 aromatic carbocycles. The molecule has 0 amide bonds. The summed E-state index contributed by atoms with van der Waals surface area (Å²) in [5, 5.41) is 8.69. The molecule has 0 radical (unpaired) electrons. The van der Waals surface area contributed by atoms with Gasteiger partial charge in [-0.3, -0.25) is 0 Å². The fourth-order valence-corrected chi connectivity index (χ4v) is 3.50. The van der Waals surface area contributed by atoms with Crippen LogP contribution in [0.15, 0.2) is 0 Å². The van der Waals surface area contributed by atoms with Gasteiger partial charge in [0.2, 0.25) is 10.0 Å². The van der Waals surface area contributed by atoms with Crippen molar-refractivity contribution in [3.8, 4) is 0 Å². The van der Waals surface area contributed by atoms with Crippen molar-refractivity contribution in [3.63, 3.8) is 0 Å². The summed E-state index contributed by atoms with van der Waals surface area (Å²) < 4.78 is 24.8. The van der Waals surface area contributed by atoms with Crippen molar-refractivity contribution in [2.45, 2.75) is 31.7 Å². The lowest BCUT2D eigenvalue weighted by molar-refractivity contribution is 0.199. The zero-order valence-corrected chi connectivity index (χ0v) is 10.4. The van der Waals surface area contributed by atoms with Crippen molar-refractivity contribution >= 4 is 26.0 Å². The smallest absolute Gasteiger partial charge is 0.224 e. The third kappa shape index (κ3) is 2.92. The Hall–Kier alpha value is 0.350. The number of rotatable bonds is 6. The molecule has 0 saturated heterocycles. The van der Waals surface area contributed by atoms with Crippen molar-refractivity contribution < 1.29 is 13.5 Å². The number of aliphatic hydroxyl groups excluding tert-OH is 1. The molecule has 0 aromatic rings. The second-order valence-corrected chi connectivity index (χ2v) is 6.72. The predicted molar refractivity (Wildman–Crippen MR) is 58.8 cm³/mol. The van der Waals surface area contributed by atoms with Gasteiger partial charge in [-0.25, -0.2) is 8.42 Å². The van der Waals surface area contributed by atoms with Crippen molar-refractivity contribution in [2.75, 3.05) is 17.8 Å². The van der Waals surface area contributed by atoms with Crippen LogP contribution in [-0.2, 0) is 10.0 Å². The Balaban J connectivity index is 2.60. The number of halogens is 1. The molecule has 1 fully saturated rings. The summed E-state index contributed by atoms with van der Waals surface area (Å²) in [6.07, 6.45) is 3.54. The maximum absolute atomic E-state index is 11.6. The van der Waals surface area contributed by atoms with Crippen LogP contribution in [0.2, 0.25) is 0 Å². The minimum absolute atomic E-state index is 0.0259. The lowest BCUT2D eigenvalue weighted by Crippen LogP contribution is -2.45. The van der Waals surface area contributed by atoms with E-state index >= 15 is 0 Å². The van der Waals surface area contributed by atoms with Gasteiger partial charge < -0.3 is 5.11 Å². The van der Waals surface area contributed by atoms with Gasteiger partial charge in [-0.2, -0.15) is 4.31 Å². The number of hydrogen-bond acceptors (Lipinski definition) is 3. The second-order valence-electron chi connectivity index (χ2n) is 3.49. The first-order valence-corrected chi connectivity index (χ1v) is 7.51. The Labute approximate surface area is 93.5 Å². The summed E-state index contributed by atoms with van der Waals surface area (Å²) in [4.78, 5) is 0. The predicted octanol–water partition coefficient (Wildman–Crippen LogP) is 0.906. The lowest BCUT2D eigenvalue weighted by Gasteiger charge is -2.36. The van der Waals surface area contributed by atoms with Gasteiger partial charge in [0.25, 0.3) is 0 Å². The lowest BCUT2D eigenvalue weighted by atomic mass is 9.93. The zero-order valence-electron chi connectivity index (χ0n) is 8.02. The molecule has 1 N–H and O–H groups in total. The van der Waals surface area contributed by atoms with Crippen LogP contribution < -0.4 is 0 Å². The maximum atomic E-state index is 11.6. The van der Waals surface area contributed by atoms with Gasteiger partial charge in [0.1, 0.15) is 4.66 Å². The van der Waals surface area contributed by atoms with Gasteiger partial charge in [-0.05, 0) is 19.3 Å². The van der Waals surface area contributed by atoms with Crippen LogP contribution in [0.1, 0.15) is 25.7 Å². The highest BCUT2D eigenvalue weighted by Crippen LogP contribution is 2.27. The van der Waals surface area contributed by atoms with Crippen LogP contribution in [0.5, 0.6) is 0 Å². The Morgan fingerprint density at radius 2 is 2.07 bits per heavy atom. The molecule has 0 unspecified atom stereocenters. The van der Waals surface area contributed by atoms with Crippen molar-refractivity contribution in [2.24, 2.45) is 0 Å². The fourth-order valence-electron chi connectivity index (χ4n) is 1.51. The van der Waals surface area contributed by atoms with E-state index in [2.05, 4.69) is 15.9 Å². The Bertz CT molecular complexity index is 264. The highest BCUT2D eigenvalue weighted by molar-refractivity contribution is 9.10. The number of alkyl halides is 1. The average molecular weight is 286 g/mol. The summed E-state index contributed by atoms with van der Waals surface area (Å²) in [6, 6.07) is 0.170. The molecule has 0 atom stereocenters. The van der Waals surface area contributed by atoms with Crippen molar-refractivity contribution in [3.05, 3.63) is 0 Å². The van der Waals surface area contributed by atoms with E-state index in [-0.39, 0.29) is 17.3 Å². The van der Waals surface area contributed by atoms with E-state index in [4.69, 9.17) is 5.11 Å². The van der Waals surface area contributed by atoms with E-state index in [1.807, 2.05) is 0 Å². The van der Waals surface area contributed by atoms with E-state index < -0.39 is 10.0 Å². The maximum Gasteiger partial charge on any atom is 0.224 e. The monoisotopic (exact) mass is 285 g/mol. The van der Waals surface area contributed by atoms with E-state index in [0.29, 0.717) is 13.0 Å². The Kier molecular flexibility index (Phi) is 4.82. The summed E-state index contributed by atoms with van der Waals surface area (Å²) in [7, 11) is -3.15. The molecule has 6 heteroatoms. The van der Waals surface area contributed by atoms with Crippen LogP contribution in [0.3, 0.4) is 0 Å². The summed E-state index contributed by atoms with van der Waals surface area (Å²) in [5.41, 5.74) is 0. The Morgan fingerprint density at radius 1 is 1.43 bits per heavy atom. The first-order chi connectivity index (χ1) is 6.61. The molecule has 1 saturated carbocycles. The molecular formula is C8H16BrNO3S. The van der Waals surface area contributed by atoms with Crippen LogP contribution in [0, 0.1) is 0 Å². The molecule has 14 heavy (non-hydrogen) atoms. The molecule has 1 rings (SSSR count). The molecule has 4 nitrogen and oxygen atoms in total. The molecule has 1 aliphatic rings. The molecule has 0 aromatic heterocycles. The molecule has 0 aliphatic heterocycles. The highest BCUT2D eigenvalue weighted by atomic mass is 79.9. The van der Waals surface area contributed by atoms with Crippen LogP contribution in [0.25, 0.3) is 0 Å². The summed E-state index contributed by atoms with van der Waals surface area (Å²) in [5.74, 6) is 0. The molecule has 0 heterocycles. The molecular weight excluding hydrogens is 270 g/mol. The van der Waals surface area contributed by atoms with Crippen LogP contribution in [0.4, 0.5) is 0 Å². The van der Waals surface area contributed by atoms with Gasteiger partial charge in [-0.1, -0.05) is 22.4 Å². The molecule has 1 aliphatic carbocycles. The van der Waals surface area contributed by atoms with Gasteiger partial charge in [0, 0.05) is 19.2 Å². The minimum Gasteiger partial charge on any atom is -0.396 e. The van der Waals surface area contributed by atoms with Crippen LogP contribution in [-0.4, -0.2) is 41.7 Å². The quantitative estimate of drug-likeness (QED) is 0.738. The summed E-state index contributed by atoms with van der Waals surface area (Å²) >= 11 is 2.99. The number of aliphatic hydroxyl groups is 1. The highest BCUT2D eigenvalue weighted by Gasteiger charge is 2.32. The average Bonchev–Trinajstić information content (AvgIpc) is 2.08. The minimum atomic E-state index is -3.15.